The Morgan fingerprint density at radius 1 is 1.09 bits per heavy atom. The molecule has 1 aromatic carbocycles. The number of nitrogens with one attached hydrogen (secondary N) is 3. The van der Waals surface area contributed by atoms with Crippen LogP contribution in [0.1, 0.15) is 4.11 Å². The van der Waals surface area contributed by atoms with Gasteiger partial charge in [-0.2, -0.15) is 14.5 Å². The van der Waals surface area contributed by atoms with Crippen molar-refractivity contribution in [3.63, 3.8) is 0 Å². The minimum absolute atomic E-state index is 0.0420. The van der Waals surface area contributed by atoms with Crippen LogP contribution in [0.15, 0.2) is 61.7 Å². The van der Waals surface area contributed by atoms with Crippen molar-refractivity contribution in [2.75, 3.05) is 16.0 Å². The molecule has 172 valence electrons. The van der Waals surface area contributed by atoms with E-state index in [0.717, 1.165) is 29.1 Å². The van der Waals surface area contributed by atoms with Crippen LogP contribution in [0.2, 0.25) is 0 Å². The van der Waals surface area contributed by atoms with E-state index in [9.17, 15) is 18.0 Å². The molecule has 0 aliphatic carbocycles. The second kappa shape index (κ2) is 9.40. The van der Waals surface area contributed by atoms with E-state index < -0.39 is 30.5 Å². The summed E-state index contributed by atoms with van der Waals surface area (Å²) in [5.41, 5.74) is 0.590. The standard InChI is InChI=1S/C22H17F3N8O/c1-3-19(34)29-13-4-5-16(23)18(7-13)31-21-15(12-6-17(24)20(25)26-8-12)10-27-22(32-21)30-14-9-28-33(2)11-14/h3-11H,1H2,2H3,(H,29,34)(H2,27,30,31,32)/i2D3. The third-order valence-corrected chi connectivity index (χ3v) is 4.41. The molecule has 0 spiro atoms. The van der Waals surface area contributed by atoms with Gasteiger partial charge in [-0.3, -0.25) is 9.48 Å². The molecular weight excluding hydrogens is 449 g/mol. The Balaban J connectivity index is 1.74. The van der Waals surface area contributed by atoms with E-state index in [1.807, 2.05) is 0 Å². The lowest BCUT2D eigenvalue weighted by Crippen LogP contribution is -2.08. The highest BCUT2D eigenvalue weighted by molar-refractivity contribution is 5.99. The Kier molecular flexibility index (Phi) is 5.20. The third kappa shape index (κ3) is 5.01. The smallest absolute Gasteiger partial charge is 0.248 e. The van der Waals surface area contributed by atoms with Crippen molar-refractivity contribution >= 4 is 34.7 Å². The van der Waals surface area contributed by atoms with Crippen LogP contribution in [-0.4, -0.2) is 30.6 Å². The summed E-state index contributed by atoms with van der Waals surface area (Å²) in [5, 5.41) is 11.8. The number of aromatic nitrogens is 5. The van der Waals surface area contributed by atoms with Gasteiger partial charge in [0.2, 0.25) is 17.8 Å². The molecule has 0 atom stereocenters. The maximum absolute atomic E-state index is 14.6. The molecule has 0 unspecified atom stereocenters. The van der Waals surface area contributed by atoms with Gasteiger partial charge in [0, 0.05) is 46.5 Å². The Hall–Kier alpha value is -4.74. The van der Waals surface area contributed by atoms with Gasteiger partial charge in [-0.1, -0.05) is 6.58 Å². The Morgan fingerprint density at radius 3 is 2.68 bits per heavy atom. The molecule has 0 fully saturated rings. The summed E-state index contributed by atoms with van der Waals surface area (Å²) >= 11 is 0. The van der Waals surface area contributed by atoms with Gasteiger partial charge in [0.25, 0.3) is 0 Å². The minimum Gasteiger partial charge on any atom is -0.337 e. The van der Waals surface area contributed by atoms with Crippen molar-refractivity contribution in [3.05, 3.63) is 79.3 Å². The van der Waals surface area contributed by atoms with Gasteiger partial charge >= 0.3 is 0 Å². The topological polar surface area (TPSA) is 110 Å². The van der Waals surface area contributed by atoms with Gasteiger partial charge in [-0.15, -0.1) is 0 Å². The number of anilines is 5. The number of carbonyl (C=O) groups excluding carboxylic acids is 1. The second-order valence-corrected chi connectivity index (χ2v) is 6.76. The van der Waals surface area contributed by atoms with Crippen molar-refractivity contribution in [1.29, 1.82) is 0 Å². The number of benzene rings is 1. The molecule has 3 N–H and O–H groups in total. The summed E-state index contributed by atoms with van der Waals surface area (Å²) < 4.78 is 64.9. The van der Waals surface area contributed by atoms with Crippen molar-refractivity contribution in [2.45, 2.75) is 0 Å². The van der Waals surface area contributed by atoms with Gasteiger partial charge in [-0.05, 0) is 30.3 Å². The van der Waals surface area contributed by atoms with Gasteiger partial charge in [0.05, 0.1) is 17.6 Å². The normalized spacial score (nSPS) is 12.3. The maximum atomic E-state index is 14.6. The summed E-state index contributed by atoms with van der Waals surface area (Å²) in [7, 11) is 0. The number of hydrogen-bond donors (Lipinski definition) is 3. The maximum Gasteiger partial charge on any atom is 0.248 e. The highest BCUT2D eigenvalue weighted by atomic mass is 19.2. The van der Waals surface area contributed by atoms with Gasteiger partial charge in [-0.25, -0.2) is 18.7 Å². The monoisotopic (exact) mass is 469 g/mol. The first-order chi connectivity index (χ1) is 17.5. The van der Waals surface area contributed by atoms with Crippen LogP contribution < -0.4 is 16.0 Å². The van der Waals surface area contributed by atoms with Crippen LogP contribution in [-0.2, 0) is 11.8 Å². The van der Waals surface area contributed by atoms with E-state index in [2.05, 4.69) is 42.6 Å². The number of halogens is 3. The number of rotatable bonds is 7. The van der Waals surface area contributed by atoms with E-state index in [4.69, 9.17) is 4.11 Å². The van der Waals surface area contributed by atoms with E-state index in [-0.39, 0.29) is 40.0 Å². The van der Waals surface area contributed by atoms with Gasteiger partial charge in [0.15, 0.2) is 5.82 Å². The first kappa shape index (κ1) is 18.8. The molecule has 34 heavy (non-hydrogen) atoms. The van der Waals surface area contributed by atoms with Gasteiger partial charge < -0.3 is 16.0 Å². The largest absolute Gasteiger partial charge is 0.337 e. The number of carbonyl (C=O) groups is 1. The zero-order valence-corrected chi connectivity index (χ0v) is 17.2. The lowest BCUT2D eigenvalue weighted by Gasteiger charge is -2.14. The molecular formula is C22H17F3N8O. The average Bonchev–Trinajstić information content (AvgIpc) is 3.32. The summed E-state index contributed by atoms with van der Waals surface area (Å²) in [6.07, 6.45) is 5.79. The molecule has 3 heterocycles. The first-order valence-corrected chi connectivity index (χ1v) is 9.54. The van der Waals surface area contributed by atoms with Crippen LogP contribution in [0.25, 0.3) is 11.1 Å². The quantitative estimate of drug-likeness (QED) is 0.273. The van der Waals surface area contributed by atoms with Crippen LogP contribution in [0.4, 0.5) is 42.0 Å². The minimum atomic E-state index is -2.50. The van der Waals surface area contributed by atoms with E-state index >= 15 is 0 Å². The third-order valence-electron chi connectivity index (χ3n) is 4.41. The van der Waals surface area contributed by atoms with Crippen LogP contribution in [0.3, 0.4) is 0 Å². The zero-order chi connectivity index (χ0) is 26.7. The fourth-order valence-corrected chi connectivity index (χ4v) is 2.85. The summed E-state index contributed by atoms with van der Waals surface area (Å²) in [5.74, 6) is -3.85. The molecule has 0 bridgehead atoms. The molecule has 0 radical (unpaired) electrons. The predicted molar refractivity (Wildman–Crippen MR) is 120 cm³/mol. The van der Waals surface area contributed by atoms with Crippen molar-refractivity contribution < 1.29 is 22.1 Å². The Bertz CT molecular complexity index is 1490. The Morgan fingerprint density at radius 2 is 1.94 bits per heavy atom. The van der Waals surface area contributed by atoms with Crippen LogP contribution in [0, 0.1) is 17.6 Å². The number of pyridine rings is 1. The summed E-state index contributed by atoms with van der Waals surface area (Å²) in [6.45, 7) is 0.856. The van der Waals surface area contributed by atoms with Crippen LogP contribution in [0.5, 0.6) is 0 Å². The van der Waals surface area contributed by atoms with Gasteiger partial charge in [0.1, 0.15) is 11.6 Å². The zero-order valence-electron chi connectivity index (χ0n) is 20.2. The molecule has 12 heteroatoms. The lowest BCUT2D eigenvalue weighted by molar-refractivity contribution is -0.111. The number of nitrogens with zero attached hydrogens (tertiary/aromatic N) is 5. The van der Waals surface area contributed by atoms with Crippen molar-refractivity contribution in [2.24, 2.45) is 6.98 Å². The van der Waals surface area contributed by atoms with E-state index in [0.29, 0.717) is 0 Å². The average molecular weight is 469 g/mol. The lowest BCUT2D eigenvalue weighted by atomic mass is 10.1. The Labute approximate surface area is 195 Å². The predicted octanol–water partition coefficient (Wildman–Crippen LogP) is 4.30. The summed E-state index contributed by atoms with van der Waals surface area (Å²) in [6, 6.07) is 4.59. The second-order valence-electron chi connectivity index (χ2n) is 6.76. The fraction of sp³-hybridized carbons (Fsp3) is 0.0455. The number of hydrogen-bond acceptors (Lipinski definition) is 7. The SMILES string of the molecule is [2H]C([2H])([2H])n1cc(Nc2ncc(-c3cnc(F)c(F)c3)c(Nc3cc(NC(=O)C=C)ccc3F)n2)cn1. The van der Waals surface area contributed by atoms with Crippen LogP contribution >= 0.6 is 0 Å². The molecule has 0 aliphatic rings. The highest BCUT2D eigenvalue weighted by Crippen LogP contribution is 2.32. The molecule has 1 amide bonds. The molecule has 3 aromatic heterocycles. The van der Waals surface area contributed by atoms with Crippen molar-refractivity contribution in [3.8, 4) is 11.1 Å². The van der Waals surface area contributed by atoms with E-state index in [1.165, 1.54) is 30.7 Å². The fourth-order valence-electron chi connectivity index (χ4n) is 2.85. The molecule has 0 aliphatic heterocycles. The van der Waals surface area contributed by atoms with E-state index in [1.54, 1.807) is 0 Å². The molecule has 0 saturated heterocycles. The first-order valence-electron chi connectivity index (χ1n) is 11.0. The molecule has 4 rings (SSSR count). The molecule has 0 saturated carbocycles. The molecule has 4 aromatic rings. The van der Waals surface area contributed by atoms with Crippen molar-refractivity contribution in [1.82, 2.24) is 24.7 Å². The summed E-state index contributed by atoms with van der Waals surface area (Å²) in [4.78, 5) is 23.4. The highest BCUT2D eigenvalue weighted by Gasteiger charge is 2.16. The molecule has 9 nitrogen and oxygen atoms in total. The number of amides is 1. The number of aryl methyl sites for hydroxylation is 1.